The normalized spacial score (nSPS) is 13.2. The van der Waals surface area contributed by atoms with Crippen LogP contribution in [-0.2, 0) is 12.7 Å². The predicted octanol–water partition coefficient (Wildman–Crippen LogP) is 5.71. The Morgan fingerprint density at radius 3 is 2.42 bits per heavy atom. The lowest BCUT2D eigenvalue weighted by atomic mass is 9.99. The van der Waals surface area contributed by atoms with E-state index < -0.39 is 11.7 Å². The third kappa shape index (κ3) is 3.60. The van der Waals surface area contributed by atoms with E-state index in [4.69, 9.17) is 0 Å². The number of hydrogen-bond acceptors (Lipinski definition) is 1. The van der Waals surface area contributed by atoms with Gasteiger partial charge in [0.05, 0.1) is 5.56 Å². The molecule has 0 saturated heterocycles. The molecule has 3 rings (SSSR count). The second kappa shape index (κ2) is 6.65. The van der Waals surface area contributed by atoms with Crippen LogP contribution in [0.4, 0.5) is 13.2 Å². The summed E-state index contributed by atoms with van der Waals surface area (Å²) in [5.74, 6) is 0. The summed E-state index contributed by atoms with van der Waals surface area (Å²) in [4.78, 5) is 0. The fourth-order valence-electron chi connectivity index (χ4n) is 2.87. The minimum absolute atomic E-state index is 0.0330. The van der Waals surface area contributed by atoms with E-state index in [9.17, 15) is 13.2 Å². The summed E-state index contributed by atoms with van der Waals surface area (Å²) in [6, 6.07) is 19.7. The summed E-state index contributed by atoms with van der Waals surface area (Å²) in [6.45, 7) is 2.41. The first-order valence-corrected chi connectivity index (χ1v) is 7.82. The maximum atomic E-state index is 12.8. The van der Waals surface area contributed by atoms with Gasteiger partial charge in [-0.15, -0.1) is 0 Å². The van der Waals surface area contributed by atoms with E-state index in [-0.39, 0.29) is 6.04 Å². The SMILES string of the molecule is C[C@H](NCc1cccc(C(F)(F)F)c1)c1cccc2ccccc12. The van der Waals surface area contributed by atoms with Gasteiger partial charge in [0, 0.05) is 12.6 Å². The molecule has 0 aliphatic heterocycles. The lowest BCUT2D eigenvalue weighted by molar-refractivity contribution is -0.137. The molecule has 0 aliphatic rings. The van der Waals surface area contributed by atoms with Gasteiger partial charge in [0.1, 0.15) is 0 Å². The third-order valence-corrected chi connectivity index (χ3v) is 4.16. The number of rotatable bonds is 4. The summed E-state index contributed by atoms with van der Waals surface area (Å²) in [7, 11) is 0. The molecule has 0 heterocycles. The standard InChI is InChI=1S/C20H18F3N/c1-14(18-11-5-8-16-7-2-3-10-19(16)18)24-13-15-6-4-9-17(12-15)20(21,22)23/h2-12,14,24H,13H2,1H3/t14-/m0/s1. The van der Waals surface area contributed by atoms with Crippen LogP contribution < -0.4 is 5.32 Å². The van der Waals surface area contributed by atoms with E-state index >= 15 is 0 Å². The van der Waals surface area contributed by atoms with Gasteiger partial charge in [-0.1, -0.05) is 60.7 Å². The zero-order chi connectivity index (χ0) is 17.2. The maximum Gasteiger partial charge on any atom is 0.416 e. The monoisotopic (exact) mass is 329 g/mol. The van der Waals surface area contributed by atoms with Gasteiger partial charge in [0.15, 0.2) is 0 Å². The highest BCUT2D eigenvalue weighted by Crippen LogP contribution is 2.30. The molecule has 0 spiro atoms. The van der Waals surface area contributed by atoms with E-state index in [2.05, 4.69) is 23.5 Å². The van der Waals surface area contributed by atoms with Gasteiger partial charge in [0.25, 0.3) is 0 Å². The van der Waals surface area contributed by atoms with Crippen molar-refractivity contribution >= 4 is 10.8 Å². The van der Waals surface area contributed by atoms with Crippen molar-refractivity contribution in [2.45, 2.75) is 25.7 Å². The Labute approximate surface area is 139 Å². The first kappa shape index (κ1) is 16.5. The minimum atomic E-state index is -4.31. The van der Waals surface area contributed by atoms with Gasteiger partial charge in [-0.2, -0.15) is 13.2 Å². The second-order valence-electron chi connectivity index (χ2n) is 5.87. The van der Waals surface area contributed by atoms with E-state index in [1.165, 1.54) is 12.1 Å². The van der Waals surface area contributed by atoms with E-state index in [1.807, 2.05) is 31.2 Å². The lowest BCUT2D eigenvalue weighted by Crippen LogP contribution is -2.18. The van der Waals surface area contributed by atoms with Crippen molar-refractivity contribution < 1.29 is 13.2 Å². The van der Waals surface area contributed by atoms with Gasteiger partial charge in [-0.25, -0.2) is 0 Å². The van der Waals surface area contributed by atoms with E-state index in [0.29, 0.717) is 12.1 Å². The van der Waals surface area contributed by atoms with Gasteiger partial charge in [-0.3, -0.25) is 0 Å². The summed E-state index contributed by atoms with van der Waals surface area (Å²) in [5, 5.41) is 5.63. The number of hydrogen-bond donors (Lipinski definition) is 1. The van der Waals surface area contributed by atoms with Crippen molar-refractivity contribution in [2.24, 2.45) is 0 Å². The van der Waals surface area contributed by atoms with Crippen LogP contribution in [0.15, 0.2) is 66.7 Å². The lowest BCUT2D eigenvalue weighted by Gasteiger charge is -2.17. The molecule has 0 bridgehead atoms. The van der Waals surface area contributed by atoms with Crippen LogP contribution in [0.5, 0.6) is 0 Å². The van der Waals surface area contributed by atoms with Gasteiger partial charge >= 0.3 is 6.18 Å². The Balaban J connectivity index is 1.77. The van der Waals surface area contributed by atoms with Crippen LogP contribution in [0.1, 0.15) is 29.7 Å². The van der Waals surface area contributed by atoms with Crippen molar-refractivity contribution in [3.63, 3.8) is 0 Å². The molecule has 0 saturated carbocycles. The smallest absolute Gasteiger partial charge is 0.306 e. The topological polar surface area (TPSA) is 12.0 Å². The number of halogens is 3. The first-order chi connectivity index (χ1) is 11.4. The number of alkyl halides is 3. The number of benzene rings is 3. The molecule has 3 aromatic carbocycles. The quantitative estimate of drug-likeness (QED) is 0.646. The molecule has 0 radical (unpaired) electrons. The summed E-state index contributed by atoms with van der Waals surface area (Å²) < 4.78 is 38.4. The van der Waals surface area contributed by atoms with Crippen molar-refractivity contribution in [2.75, 3.05) is 0 Å². The maximum absolute atomic E-state index is 12.8. The summed E-state index contributed by atoms with van der Waals surface area (Å²) in [6.07, 6.45) is -4.31. The molecular weight excluding hydrogens is 311 g/mol. The molecule has 0 aromatic heterocycles. The van der Waals surface area contributed by atoms with E-state index in [1.54, 1.807) is 6.07 Å². The van der Waals surface area contributed by atoms with Crippen LogP contribution in [0.3, 0.4) is 0 Å². The molecule has 0 fully saturated rings. The number of nitrogens with one attached hydrogen (secondary N) is 1. The Kier molecular flexibility index (Phi) is 4.58. The van der Waals surface area contributed by atoms with Crippen LogP contribution in [-0.4, -0.2) is 0 Å². The molecule has 3 aromatic rings. The van der Waals surface area contributed by atoms with Gasteiger partial charge in [0.2, 0.25) is 0 Å². The molecule has 0 amide bonds. The molecule has 1 atom stereocenters. The highest BCUT2D eigenvalue weighted by molar-refractivity contribution is 5.86. The summed E-state index contributed by atoms with van der Waals surface area (Å²) >= 11 is 0. The summed E-state index contributed by atoms with van der Waals surface area (Å²) in [5.41, 5.74) is 1.15. The Bertz CT molecular complexity index is 834. The van der Waals surface area contributed by atoms with Crippen molar-refractivity contribution in [3.8, 4) is 0 Å². The second-order valence-corrected chi connectivity index (χ2v) is 5.87. The fraction of sp³-hybridized carbons (Fsp3) is 0.200. The average molecular weight is 329 g/mol. The Morgan fingerprint density at radius 1 is 0.917 bits per heavy atom. The van der Waals surface area contributed by atoms with Crippen LogP contribution in [0.2, 0.25) is 0 Å². The molecule has 4 heteroatoms. The zero-order valence-electron chi connectivity index (χ0n) is 13.3. The van der Waals surface area contributed by atoms with Crippen molar-refractivity contribution in [1.29, 1.82) is 0 Å². The highest BCUT2D eigenvalue weighted by Gasteiger charge is 2.30. The number of fused-ring (bicyclic) bond motifs is 1. The fourth-order valence-corrected chi connectivity index (χ4v) is 2.87. The molecule has 1 N–H and O–H groups in total. The predicted molar refractivity (Wildman–Crippen MR) is 90.6 cm³/mol. The highest BCUT2D eigenvalue weighted by atomic mass is 19.4. The van der Waals surface area contributed by atoms with Crippen molar-refractivity contribution in [3.05, 3.63) is 83.4 Å². The molecule has 0 unspecified atom stereocenters. The van der Waals surface area contributed by atoms with Crippen LogP contribution in [0.25, 0.3) is 10.8 Å². The molecule has 0 aliphatic carbocycles. The van der Waals surface area contributed by atoms with Gasteiger partial charge in [-0.05, 0) is 34.9 Å². The molecule has 24 heavy (non-hydrogen) atoms. The average Bonchev–Trinajstić information content (AvgIpc) is 2.58. The van der Waals surface area contributed by atoms with Crippen molar-refractivity contribution in [1.82, 2.24) is 5.32 Å². The Hall–Kier alpha value is -2.33. The van der Waals surface area contributed by atoms with E-state index in [0.717, 1.165) is 22.4 Å². The molecular formula is C20H18F3N. The largest absolute Gasteiger partial charge is 0.416 e. The Morgan fingerprint density at radius 2 is 1.62 bits per heavy atom. The third-order valence-electron chi connectivity index (χ3n) is 4.16. The molecule has 124 valence electrons. The van der Waals surface area contributed by atoms with Crippen LogP contribution >= 0.6 is 0 Å². The zero-order valence-corrected chi connectivity index (χ0v) is 13.3. The minimum Gasteiger partial charge on any atom is -0.306 e. The van der Waals surface area contributed by atoms with Crippen LogP contribution in [0, 0.1) is 0 Å². The first-order valence-electron chi connectivity index (χ1n) is 7.82. The van der Waals surface area contributed by atoms with Gasteiger partial charge < -0.3 is 5.32 Å². The molecule has 1 nitrogen and oxygen atoms in total.